The van der Waals surface area contributed by atoms with Crippen molar-refractivity contribution < 1.29 is 9.18 Å². The van der Waals surface area contributed by atoms with Crippen molar-refractivity contribution in [2.24, 2.45) is 0 Å². The first-order valence-corrected chi connectivity index (χ1v) is 8.49. The molecule has 0 spiro atoms. The fraction of sp³-hybridized carbons (Fsp3) is 0.278. The highest BCUT2D eigenvalue weighted by atomic mass is 32.2. The molecule has 114 valence electrons. The van der Waals surface area contributed by atoms with Crippen LogP contribution in [-0.2, 0) is 11.2 Å². The summed E-state index contributed by atoms with van der Waals surface area (Å²) in [5, 5.41) is 0.0175. The molecule has 0 aliphatic carbocycles. The number of halogens is 1. The number of hydrogen-bond donors (Lipinski definition) is 0. The van der Waals surface area contributed by atoms with E-state index in [-0.39, 0.29) is 17.1 Å². The molecular formula is C18H18FNOS. The molecule has 0 aromatic heterocycles. The monoisotopic (exact) mass is 315 g/mol. The highest BCUT2D eigenvalue weighted by Crippen LogP contribution is 2.38. The first-order valence-electron chi connectivity index (χ1n) is 7.44. The largest absolute Gasteiger partial charge is 0.326 e. The van der Waals surface area contributed by atoms with Crippen molar-refractivity contribution in [3.05, 3.63) is 71.5 Å². The molecule has 0 bridgehead atoms. The summed E-state index contributed by atoms with van der Waals surface area (Å²) in [5.41, 5.74) is 2.18. The van der Waals surface area contributed by atoms with Crippen molar-refractivity contribution in [1.82, 2.24) is 4.90 Å². The lowest BCUT2D eigenvalue weighted by Crippen LogP contribution is -2.30. The Bertz CT molecular complexity index is 629. The third kappa shape index (κ3) is 3.50. The SMILES string of the molecule is O=C(CCc1ccccc1)N1CCS[C@H]1c1ccc(F)cc1. The summed E-state index contributed by atoms with van der Waals surface area (Å²) in [7, 11) is 0. The Morgan fingerprint density at radius 1 is 1.14 bits per heavy atom. The first kappa shape index (κ1) is 15.1. The quantitative estimate of drug-likeness (QED) is 0.849. The van der Waals surface area contributed by atoms with Crippen LogP contribution < -0.4 is 0 Å². The summed E-state index contributed by atoms with van der Waals surface area (Å²) in [6, 6.07) is 16.5. The van der Waals surface area contributed by atoms with E-state index in [4.69, 9.17) is 0 Å². The molecule has 0 unspecified atom stereocenters. The minimum atomic E-state index is -0.242. The summed E-state index contributed by atoms with van der Waals surface area (Å²) in [6.07, 6.45) is 1.28. The van der Waals surface area contributed by atoms with Crippen LogP contribution in [0.4, 0.5) is 4.39 Å². The number of nitrogens with zero attached hydrogens (tertiary/aromatic N) is 1. The highest BCUT2D eigenvalue weighted by molar-refractivity contribution is 7.99. The van der Waals surface area contributed by atoms with Crippen LogP contribution in [0.5, 0.6) is 0 Å². The van der Waals surface area contributed by atoms with Crippen molar-refractivity contribution in [3.8, 4) is 0 Å². The van der Waals surface area contributed by atoms with Gasteiger partial charge >= 0.3 is 0 Å². The summed E-state index contributed by atoms with van der Waals surface area (Å²) in [4.78, 5) is 14.4. The standard InChI is InChI=1S/C18H18FNOS/c19-16-9-7-15(8-10-16)18-20(12-13-22-18)17(21)11-6-14-4-2-1-3-5-14/h1-5,7-10,18H,6,11-13H2/t18-/m0/s1. The van der Waals surface area contributed by atoms with Crippen molar-refractivity contribution in [2.75, 3.05) is 12.3 Å². The number of rotatable bonds is 4. The number of carbonyl (C=O) groups is 1. The number of amides is 1. The molecule has 2 aromatic carbocycles. The zero-order valence-corrected chi connectivity index (χ0v) is 13.1. The van der Waals surface area contributed by atoms with E-state index in [0.717, 1.165) is 24.3 Å². The third-order valence-corrected chi connectivity index (χ3v) is 5.10. The third-order valence-electron chi connectivity index (χ3n) is 3.84. The molecule has 0 N–H and O–H groups in total. The number of hydrogen-bond acceptors (Lipinski definition) is 2. The van der Waals surface area contributed by atoms with Gasteiger partial charge in [0.15, 0.2) is 0 Å². The summed E-state index contributed by atoms with van der Waals surface area (Å²) < 4.78 is 13.1. The Hall–Kier alpha value is -1.81. The van der Waals surface area contributed by atoms with Crippen LogP contribution in [0.1, 0.15) is 22.9 Å². The van der Waals surface area contributed by atoms with Gasteiger partial charge < -0.3 is 4.90 Å². The maximum atomic E-state index is 13.1. The fourth-order valence-electron chi connectivity index (χ4n) is 2.67. The maximum Gasteiger partial charge on any atom is 0.224 e. The minimum Gasteiger partial charge on any atom is -0.326 e. The Morgan fingerprint density at radius 3 is 2.59 bits per heavy atom. The highest BCUT2D eigenvalue weighted by Gasteiger charge is 2.30. The van der Waals surface area contributed by atoms with Gasteiger partial charge in [-0.25, -0.2) is 4.39 Å². The Balaban J connectivity index is 1.65. The number of aryl methyl sites for hydroxylation is 1. The minimum absolute atomic E-state index is 0.0175. The Kier molecular flexibility index (Phi) is 4.78. The number of benzene rings is 2. The van der Waals surface area contributed by atoms with Crippen LogP contribution in [-0.4, -0.2) is 23.1 Å². The van der Waals surface area contributed by atoms with Gasteiger partial charge in [-0.3, -0.25) is 4.79 Å². The van der Waals surface area contributed by atoms with Gasteiger partial charge in [-0.15, -0.1) is 11.8 Å². The van der Waals surface area contributed by atoms with Crippen LogP contribution in [0, 0.1) is 5.82 Å². The zero-order chi connectivity index (χ0) is 15.4. The van der Waals surface area contributed by atoms with E-state index < -0.39 is 0 Å². The van der Waals surface area contributed by atoms with E-state index in [9.17, 15) is 9.18 Å². The van der Waals surface area contributed by atoms with E-state index in [1.807, 2.05) is 35.2 Å². The number of thioether (sulfide) groups is 1. The van der Waals surface area contributed by atoms with Gasteiger partial charge in [-0.1, -0.05) is 42.5 Å². The molecule has 22 heavy (non-hydrogen) atoms. The van der Waals surface area contributed by atoms with Crippen molar-refractivity contribution in [1.29, 1.82) is 0 Å². The second kappa shape index (κ2) is 6.97. The lowest BCUT2D eigenvalue weighted by Gasteiger charge is -2.24. The predicted octanol–water partition coefficient (Wildman–Crippen LogP) is 4.03. The predicted molar refractivity (Wildman–Crippen MR) is 88.1 cm³/mol. The average Bonchev–Trinajstić information content (AvgIpc) is 3.04. The number of carbonyl (C=O) groups excluding carboxylic acids is 1. The fourth-order valence-corrected chi connectivity index (χ4v) is 3.95. The lowest BCUT2D eigenvalue weighted by molar-refractivity contribution is -0.131. The van der Waals surface area contributed by atoms with Crippen LogP contribution in [0.15, 0.2) is 54.6 Å². The molecule has 1 saturated heterocycles. The molecule has 0 saturated carbocycles. The van der Waals surface area contributed by atoms with Gasteiger partial charge in [0.25, 0.3) is 0 Å². The van der Waals surface area contributed by atoms with Gasteiger partial charge in [0, 0.05) is 18.7 Å². The van der Waals surface area contributed by atoms with E-state index in [0.29, 0.717) is 6.42 Å². The van der Waals surface area contributed by atoms with Crippen LogP contribution in [0.2, 0.25) is 0 Å². The van der Waals surface area contributed by atoms with Gasteiger partial charge in [0.05, 0.1) is 0 Å². The van der Waals surface area contributed by atoms with E-state index in [1.165, 1.54) is 17.7 Å². The molecule has 3 rings (SSSR count). The lowest BCUT2D eigenvalue weighted by atomic mass is 10.1. The molecular weight excluding hydrogens is 297 g/mol. The van der Waals surface area contributed by atoms with Crippen molar-refractivity contribution in [2.45, 2.75) is 18.2 Å². The van der Waals surface area contributed by atoms with Crippen molar-refractivity contribution >= 4 is 17.7 Å². The normalized spacial score (nSPS) is 17.7. The molecule has 1 aliphatic heterocycles. The smallest absolute Gasteiger partial charge is 0.224 e. The summed E-state index contributed by atoms with van der Waals surface area (Å²) in [6.45, 7) is 0.764. The zero-order valence-electron chi connectivity index (χ0n) is 12.2. The summed E-state index contributed by atoms with van der Waals surface area (Å²) >= 11 is 1.74. The molecule has 1 amide bonds. The Morgan fingerprint density at radius 2 is 1.86 bits per heavy atom. The first-order chi connectivity index (χ1) is 10.7. The van der Waals surface area contributed by atoms with Gasteiger partial charge in [-0.05, 0) is 29.7 Å². The molecule has 1 fully saturated rings. The van der Waals surface area contributed by atoms with Gasteiger partial charge in [0.1, 0.15) is 11.2 Å². The van der Waals surface area contributed by atoms with E-state index in [1.54, 1.807) is 23.9 Å². The second-order valence-electron chi connectivity index (χ2n) is 5.35. The van der Waals surface area contributed by atoms with E-state index in [2.05, 4.69) is 0 Å². The van der Waals surface area contributed by atoms with Crippen molar-refractivity contribution in [3.63, 3.8) is 0 Å². The molecule has 1 heterocycles. The summed E-state index contributed by atoms with van der Waals surface area (Å²) in [5.74, 6) is 0.857. The molecule has 0 radical (unpaired) electrons. The van der Waals surface area contributed by atoms with Crippen LogP contribution in [0.3, 0.4) is 0 Å². The average molecular weight is 315 g/mol. The van der Waals surface area contributed by atoms with Crippen LogP contribution >= 0.6 is 11.8 Å². The Labute approximate surface area is 134 Å². The topological polar surface area (TPSA) is 20.3 Å². The van der Waals surface area contributed by atoms with Crippen LogP contribution in [0.25, 0.3) is 0 Å². The molecule has 1 aliphatic rings. The van der Waals surface area contributed by atoms with Gasteiger partial charge in [-0.2, -0.15) is 0 Å². The maximum absolute atomic E-state index is 13.1. The van der Waals surface area contributed by atoms with Gasteiger partial charge in [0.2, 0.25) is 5.91 Å². The molecule has 2 nitrogen and oxygen atoms in total. The molecule has 2 aromatic rings. The molecule has 4 heteroatoms. The van der Waals surface area contributed by atoms with E-state index >= 15 is 0 Å². The molecule has 1 atom stereocenters. The second-order valence-corrected chi connectivity index (χ2v) is 6.54.